The lowest BCUT2D eigenvalue weighted by Gasteiger charge is -2.06. The van der Waals surface area contributed by atoms with Crippen LogP contribution in [0.25, 0.3) is 0 Å². The number of aryl methyl sites for hydroxylation is 1. The van der Waals surface area contributed by atoms with Crippen molar-refractivity contribution in [3.8, 4) is 5.75 Å². The summed E-state index contributed by atoms with van der Waals surface area (Å²) in [6.07, 6.45) is 0. The molecule has 0 spiro atoms. The first-order valence-electron chi connectivity index (χ1n) is 6.65. The predicted molar refractivity (Wildman–Crippen MR) is 83.8 cm³/mol. The van der Waals surface area contributed by atoms with Gasteiger partial charge in [0, 0.05) is 10.5 Å². The molecular formula is C17H18O2S. The zero-order valence-electron chi connectivity index (χ0n) is 11.8. The number of thioether (sulfide) groups is 1. The summed E-state index contributed by atoms with van der Waals surface area (Å²) >= 11 is 1.58. The summed E-state index contributed by atoms with van der Waals surface area (Å²) in [5.74, 6) is 1.40. The minimum Gasteiger partial charge on any atom is -0.494 e. The molecule has 0 saturated heterocycles. The van der Waals surface area contributed by atoms with E-state index < -0.39 is 0 Å². The fourth-order valence-corrected chi connectivity index (χ4v) is 2.77. The molecule has 2 aromatic rings. The average molecular weight is 286 g/mol. The Balaban J connectivity index is 1.96. The maximum Gasteiger partial charge on any atom is 0.173 e. The highest BCUT2D eigenvalue weighted by atomic mass is 32.2. The van der Waals surface area contributed by atoms with Gasteiger partial charge < -0.3 is 4.74 Å². The molecule has 0 saturated carbocycles. The van der Waals surface area contributed by atoms with E-state index in [1.165, 1.54) is 5.56 Å². The summed E-state index contributed by atoms with van der Waals surface area (Å²) < 4.78 is 5.37. The summed E-state index contributed by atoms with van der Waals surface area (Å²) in [5, 5.41) is 0. The van der Waals surface area contributed by atoms with E-state index in [2.05, 4.69) is 13.0 Å². The fraction of sp³-hybridized carbons (Fsp3) is 0.235. The molecule has 0 amide bonds. The second kappa shape index (κ2) is 7.15. The summed E-state index contributed by atoms with van der Waals surface area (Å²) in [4.78, 5) is 13.3. The number of hydrogen-bond donors (Lipinski definition) is 0. The molecule has 0 bridgehead atoms. The number of rotatable bonds is 6. The van der Waals surface area contributed by atoms with Crippen LogP contribution in [0.3, 0.4) is 0 Å². The van der Waals surface area contributed by atoms with Gasteiger partial charge in [-0.05, 0) is 49.7 Å². The number of hydrogen-bond acceptors (Lipinski definition) is 3. The normalized spacial score (nSPS) is 10.3. The summed E-state index contributed by atoms with van der Waals surface area (Å²) in [6.45, 7) is 4.64. The highest BCUT2D eigenvalue weighted by molar-refractivity contribution is 8.00. The van der Waals surface area contributed by atoms with Crippen molar-refractivity contribution in [3.05, 3.63) is 59.7 Å². The Morgan fingerprint density at radius 3 is 2.45 bits per heavy atom. The summed E-state index contributed by atoms with van der Waals surface area (Å²) in [5.41, 5.74) is 1.94. The number of carbonyl (C=O) groups is 1. The minimum atomic E-state index is 0.140. The highest BCUT2D eigenvalue weighted by Crippen LogP contribution is 2.23. The number of ketones is 1. The zero-order valence-corrected chi connectivity index (χ0v) is 12.6. The Bertz CT molecular complexity index is 576. The summed E-state index contributed by atoms with van der Waals surface area (Å²) in [7, 11) is 0. The summed E-state index contributed by atoms with van der Waals surface area (Å²) in [6, 6.07) is 15.4. The van der Waals surface area contributed by atoms with Crippen molar-refractivity contribution in [1.82, 2.24) is 0 Å². The van der Waals surface area contributed by atoms with E-state index in [1.807, 2.05) is 49.4 Å². The lowest BCUT2D eigenvalue weighted by molar-refractivity contribution is 0.102. The lowest BCUT2D eigenvalue weighted by Crippen LogP contribution is -2.02. The topological polar surface area (TPSA) is 26.3 Å². The van der Waals surface area contributed by atoms with E-state index >= 15 is 0 Å². The van der Waals surface area contributed by atoms with Crippen LogP contribution in [0.5, 0.6) is 5.75 Å². The molecule has 0 atom stereocenters. The first kappa shape index (κ1) is 14.7. The largest absolute Gasteiger partial charge is 0.494 e. The highest BCUT2D eigenvalue weighted by Gasteiger charge is 2.07. The third-order valence-corrected chi connectivity index (χ3v) is 4.12. The molecule has 0 N–H and O–H groups in total. The van der Waals surface area contributed by atoms with Crippen LogP contribution in [-0.2, 0) is 0 Å². The Hall–Kier alpha value is -1.74. The standard InChI is InChI=1S/C17H18O2S/c1-3-19-15-10-8-14(9-11-15)16(18)12-20-17-7-5-4-6-13(17)2/h4-11H,3,12H2,1-2H3. The number of ether oxygens (including phenoxy) is 1. The van der Waals surface area contributed by atoms with Gasteiger partial charge in [0.2, 0.25) is 0 Å². The van der Waals surface area contributed by atoms with Crippen molar-refractivity contribution >= 4 is 17.5 Å². The lowest BCUT2D eigenvalue weighted by atomic mass is 10.1. The molecule has 2 aromatic carbocycles. The fourth-order valence-electron chi connectivity index (χ4n) is 1.85. The third-order valence-electron chi connectivity index (χ3n) is 2.94. The van der Waals surface area contributed by atoms with E-state index in [9.17, 15) is 4.79 Å². The van der Waals surface area contributed by atoms with E-state index in [0.29, 0.717) is 12.4 Å². The van der Waals surface area contributed by atoms with Gasteiger partial charge in [0.15, 0.2) is 5.78 Å². The van der Waals surface area contributed by atoms with E-state index in [-0.39, 0.29) is 5.78 Å². The predicted octanol–water partition coefficient (Wildman–Crippen LogP) is 4.37. The van der Waals surface area contributed by atoms with Crippen molar-refractivity contribution in [3.63, 3.8) is 0 Å². The van der Waals surface area contributed by atoms with Gasteiger partial charge in [-0.3, -0.25) is 4.79 Å². The third kappa shape index (κ3) is 3.87. The van der Waals surface area contributed by atoms with Crippen LogP contribution in [0.4, 0.5) is 0 Å². The molecule has 0 heterocycles. The van der Waals surface area contributed by atoms with Crippen LogP contribution in [0.2, 0.25) is 0 Å². The van der Waals surface area contributed by atoms with Gasteiger partial charge in [-0.15, -0.1) is 11.8 Å². The molecule has 0 unspecified atom stereocenters. The molecule has 20 heavy (non-hydrogen) atoms. The zero-order chi connectivity index (χ0) is 14.4. The number of benzene rings is 2. The van der Waals surface area contributed by atoms with E-state index in [1.54, 1.807) is 11.8 Å². The van der Waals surface area contributed by atoms with Gasteiger partial charge in [-0.25, -0.2) is 0 Å². The van der Waals surface area contributed by atoms with Crippen molar-refractivity contribution in [2.24, 2.45) is 0 Å². The van der Waals surface area contributed by atoms with Gasteiger partial charge in [0.05, 0.1) is 12.4 Å². The molecular weight excluding hydrogens is 268 g/mol. The van der Waals surface area contributed by atoms with Crippen LogP contribution >= 0.6 is 11.8 Å². The maximum absolute atomic E-state index is 12.1. The Morgan fingerprint density at radius 1 is 1.10 bits per heavy atom. The minimum absolute atomic E-state index is 0.140. The molecule has 0 aliphatic heterocycles. The van der Waals surface area contributed by atoms with Crippen LogP contribution < -0.4 is 4.74 Å². The molecule has 0 fully saturated rings. The van der Waals surface area contributed by atoms with Gasteiger partial charge >= 0.3 is 0 Å². The SMILES string of the molecule is CCOc1ccc(C(=O)CSc2ccccc2C)cc1. The molecule has 0 aliphatic rings. The second-order valence-corrected chi connectivity index (χ2v) is 5.45. The maximum atomic E-state index is 12.1. The van der Waals surface area contributed by atoms with Crippen molar-refractivity contribution in [2.75, 3.05) is 12.4 Å². The van der Waals surface area contributed by atoms with Gasteiger partial charge in [0.25, 0.3) is 0 Å². The second-order valence-electron chi connectivity index (χ2n) is 4.43. The molecule has 0 aliphatic carbocycles. The average Bonchev–Trinajstić information content (AvgIpc) is 2.47. The van der Waals surface area contributed by atoms with Crippen LogP contribution in [0.15, 0.2) is 53.4 Å². The van der Waals surface area contributed by atoms with Crippen molar-refractivity contribution in [1.29, 1.82) is 0 Å². The Labute approximate surface area is 124 Å². The Kier molecular flexibility index (Phi) is 5.24. The van der Waals surface area contributed by atoms with Gasteiger partial charge in [-0.1, -0.05) is 18.2 Å². The van der Waals surface area contributed by atoms with Crippen molar-refractivity contribution < 1.29 is 9.53 Å². The first-order chi connectivity index (χ1) is 9.70. The molecule has 0 aromatic heterocycles. The quantitative estimate of drug-likeness (QED) is 0.582. The van der Waals surface area contributed by atoms with Crippen LogP contribution in [0, 0.1) is 6.92 Å². The van der Waals surface area contributed by atoms with Gasteiger partial charge in [0.1, 0.15) is 5.75 Å². The smallest absolute Gasteiger partial charge is 0.173 e. The molecule has 2 rings (SSSR count). The Morgan fingerprint density at radius 2 is 1.80 bits per heavy atom. The molecule has 3 heteroatoms. The van der Waals surface area contributed by atoms with Crippen molar-refractivity contribution in [2.45, 2.75) is 18.7 Å². The first-order valence-corrected chi connectivity index (χ1v) is 7.63. The van der Waals surface area contributed by atoms with Crippen LogP contribution in [-0.4, -0.2) is 18.1 Å². The monoisotopic (exact) mass is 286 g/mol. The van der Waals surface area contributed by atoms with Gasteiger partial charge in [-0.2, -0.15) is 0 Å². The van der Waals surface area contributed by atoms with E-state index in [0.717, 1.165) is 16.2 Å². The molecule has 2 nitrogen and oxygen atoms in total. The van der Waals surface area contributed by atoms with Crippen LogP contribution in [0.1, 0.15) is 22.8 Å². The van der Waals surface area contributed by atoms with E-state index in [4.69, 9.17) is 4.74 Å². The number of carbonyl (C=O) groups excluding carboxylic acids is 1. The molecule has 0 radical (unpaired) electrons. The molecule has 104 valence electrons. The number of Topliss-reactive ketones (excluding diaryl/α,β-unsaturated/α-hetero) is 1.